The molecule has 2 heteroatoms. The van der Waals surface area contributed by atoms with Gasteiger partial charge in [-0.15, -0.1) is 0 Å². The van der Waals surface area contributed by atoms with Crippen LogP contribution in [0.3, 0.4) is 0 Å². The fraction of sp³-hybridized carbons (Fsp3) is 0.571. The number of hydrogen-bond donors (Lipinski definition) is 0. The van der Waals surface area contributed by atoms with Gasteiger partial charge >= 0.3 is 0 Å². The van der Waals surface area contributed by atoms with Crippen molar-refractivity contribution in [1.29, 1.82) is 0 Å². The maximum atomic E-state index is 4.94. The second-order valence-electron chi connectivity index (χ2n) is 5.23. The van der Waals surface area contributed by atoms with E-state index in [2.05, 4.69) is 38.1 Å². The Hall–Kier alpha value is -1.18. The lowest BCUT2D eigenvalue weighted by molar-refractivity contribution is 0.143. The van der Waals surface area contributed by atoms with Crippen LogP contribution in [0, 0.1) is 11.8 Å². The maximum Gasteiger partial charge on any atom is 0.156 e. The Morgan fingerprint density at radius 1 is 1.00 bits per heavy atom. The third-order valence-corrected chi connectivity index (χ3v) is 4.21. The third kappa shape index (κ3) is 1.25. The van der Waals surface area contributed by atoms with Gasteiger partial charge in [0.2, 0.25) is 0 Å². The summed E-state index contributed by atoms with van der Waals surface area (Å²) in [6.45, 7) is 4.60. The summed E-state index contributed by atoms with van der Waals surface area (Å²) >= 11 is 0. The largest absolute Gasteiger partial charge is 0.253 e. The van der Waals surface area contributed by atoms with Crippen LogP contribution < -0.4 is 10.7 Å². The number of benzene rings is 1. The molecule has 2 nitrogen and oxygen atoms in total. The zero-order valence-corrected chi connectivity index (χ0v) is 9.98. The van der Waals surface area contributed by atoms with Crippen LogP contribution in [0.2, 0.25) is 0 Å². The second-order valence-corrected chi connectivity index (χ2v) is 5.23. The van der Waals surface area contributed by atoms with Gasteiger partial charge in [0, 0.05) is 11.8 Å². The summed E-state index contributed by atoms with van der Waals surface area (Å²) in [5.41, 5.74) is -0.151. The lowest BCUT2D eigenvalue weighted by Gasteiger charge is -2.39. The fourth-order valence-electron chi connectivity index (χ4n) is 3.15. The number of para-hydroxylation sites is 2. The smallest absolute Gasteiger partial charge is 0.156 e. The monoisotopic (exact) mass is 214 g/mol. The quantitative estimate of drug-likeness (QED) is 0.632. The minimum atomic E-state index is -0.151. The van der Waals surface area contributed by atoms with Crippen molar-refractivity contribution >= 4 is 0 Å². The van der Waals surface area contributed by atoms with Crippen molar-refractivity contribution < 1.29 is 0 Å². The van der Waals surface area contributed by atoms with Crippen molar-refractivity contribution in [3.8, 4) is 0 Å². The first-order chi connectivity index (χ1) is 7.72. The van der Waals surface area contributed by atoms with Gasteiger partial charge in [-0.25, -0.2) is 0 Å². The molecule has 1 heterocycles. The molecular formula is C14H18N2. The molecule has 84 valence electrons. The predicted molar refractivity (Wildman–Crippen MR) is 63.7 cm³/mol. The highest BCUT2D eigenvalue weighted by atomic mass is 15.1. The average Bonchev–Trinajstić information content (AvgIpc) is 2.66. The van der Waals surface area contributed by atoms with E-state index in [1.807, 2.05) is 0 Å². The van der Waals surface area contributed by atoms with Gasteiger partial charge in [-0.3, -0.25) is 9.98 Å². The van der Waals surface area contributed by atoms with Gasteiger partial charge in [-0.05, 0) is 25.0 Å². The zero-order chi connectivity index (χ0) is 11.2. The normalized spacial score (nSPS) is 30.6. The molecule has 0 bridgehead atoms. The minimum absolute atomic E-state index is 0.151. The highest BCUT2D eigenvalue weighted by molar-refractivity contribution is 5.11. The molecule has 0 aromatic heterocycles. The van der Waals surface area contributed by atoms with Crippen LogP contribution in [-0.4, -0.2) is 5.66 Å². The van der Waals surface area contributed by atoms with E-state index in [1.165, 1.54) is 19.3 Å². The average molecular weight is 214 g/mol. The molecule has 1 fully saturated rings. The van der Waals surface area contributed by atoms with Crippen LogP contribution in [0.5, 0.6) is 0 Å². The van der Waals surface area contributed by atoms with Crippen LogP contribution in [0.4, 0.5) is 0 Å². The van der Waals surface area contributed by atoms with E-state index in [4.69, 9.17) is 9.98 Å². The molecule has 2 atom stereocenters. The first-order valence-corrected chi connectivity index (χ1v) is 6.27. The van der Waals surface area contributed by atoms with Gasteiger partial charge in [-0.1, -0.05) is 32.4 Å². The Morgan fingerprint density at radius 3 is 2.00 bits per heavy atom. The zero-order valence-electron chi connectivity index (χ0n) is 9.98. The molecule has 16 heavy (non-hydrogen) atoms. The molecule has 1 aromatic rings. The van der Waals surface area contributed by atoms with Gasteiger partial charge in [0.25, 0.3) is 0 Å². The molecular weight excluding hydrogens is 196 g/mol. The van der Waals surface area contributed by atoms with Crippen molar-refractivity contribution in [2.45, 2.75) is 38.8 Å². The lowest BCUT2D eigenvalue weighted by Crippen LogP contribution is -2.42. The highest BCUT2D eigenvalue weighted by Gasteiger charge is 2.44. The summed E-state index contributed by atoms with van der Waals surface area (Å²) < 4.78 is 0. The first-order valence-electron chi connectivity index (χ1n) is 6.27. The minimum Gasteiger partial charge on any atom is -0.253 e. The molecule has 2 unspecified atom stereocenters. The van der Waals surface area contributed by atoms with E-state index in [1.54, 1.807) is 0 Å². The molecule has 0 N–H and O–H groups in total. The van der Waals surface area contributed by atoms with Gasteiger partial charge in [-0.2, -0.15) is 0 Å². The number of fused-ring (bicyclic) bond motifs is 1. The molecule has 3 rings (SSSR count). The Morgan fingerprint density at radius 2 is 1.50 bits per heavy atom. The Balaban J connectivity index is 2.18. The van der Waals surface area contributed by atoms with Crippen LogP contribution in [0.1, 0.15) is 33.1 Å². The number of hydrogen-bond acceptors (Lipinski definition) is 2. The van der Waals surface area contributed by atoms with Crippen LogP contribution in [-0.2, 0) is 0 Å². The molecule has 0 radical (unpaired) electrons. The Bertz CT molecular complexity index is 471. The molecule has 2 aliphatic rings. The van der Waals surface area contributed by atoms with Crippen LogP contribution in [0.25, 0.3) is 0 Å². The third-order valence-electron chi connectivity index (χ3n) is 4.21. The van der Waals surface area contributed by atoms with Gasteiger partial charge in [0.15, 0.2) is 5.66 Å². The molecule has 1 spiro atoms. The Kier molecular flexibility index (Phi) is 2.13. The lowest BCUT2D eigenvalue weighted by atomic mass is 9.74. The summed E-state index contributed by atoms with van der Waals surface area (Å²) in [6.07, 6.45) is 3.84. The van der Waals surface area contributed by atoms with E-state index in [0.717, 1.165) is 10.7 Å². The van der Waals surface area contributed by atoms with Gasteiger partial charge < -0.3 is 0 Å². The summed E-state index contributed by atoms with van der Waals surface area (Å²) in [6, 6.07) is 8.27. The summed E-state index contributed by atoms with van der Waals surface area (Å²) in [5, 5.41) is 2.17. The van der Waals surface area contributed by atoms with E-state index >= 15 is 0 Å². The van der Waals surface area contributed by atoms with Crippen LogP contribution >= 0.6 is 0 Å². The van der Waals surface area contributed by atoms with E-state index in [-0.39, 0.29) is 5.66 Å². The van der Waals surface area contributed by atoms with Gasteiger partial charge in [0.1, 0.15) is 0 Å². The molecule has 0 saturated heterocycles. The van der Waals surface area contributed by atoms with Crippen molar-refractivity contribution in [2.24, 2.45) is 21.8 Å². The molecule has 1 saturated carbocycles. The summed E-state index contributed by atoms with van der Waals surface area (Å²) in [5.74, 6) is 1.15. The number of rotatable bonds is 0. The van der Waals surface area contributed by atoms with Crippen LogP contribution in [0.15, 0.2) is 34.3 Å². The molecule has 1 aromatic carbocycles. The maximum absolute atomic E-state index is 4.94. The molecule has 0 amide bonds. The standard InChI is InChI=1S/C14H18N2/c1-10-6-5-7-11(2)14(10)15-12-8-3-4-9-13(12)16-14/h3-4,8-11H,5-7H2,1-2H3. The Labute approximate surface area is 96.1 Å². The topological polar surface area (TPSA) is 24.7 Å². The van der Waals surface area contributed by atoms with E-state index < -0.39 is 0 Å². The van der Waals surface area contributed by atoms with Gasteiger partial charge in [0.05, 0.1) is 10.7 Å². The first kappa shape index (κ1) is 10.0. The summed E-state index contributed by atoms with van der Waals surface area (Å²) in [7, 11) is 0. The van der Waals surface area contributed by atoms with Crippen molar-refractivity contribution in [2.75, 3.05) is 0 Å². The summed E-state index contributed by atoms with van der Waals surface area (Å²) in [4.78, 5) is 9.88. The van der Waals surface area contributed by atoms with Crippen molar-refractivity contribution in [3.63, 3.8) is 0 Å². The second kappa shape index (κ2) is 3.41. The van der Waals surface area contributed by atoms with E-state index in [9.17, 15) is 0 Å². The highest BCUT2D eigenvalue weighted by Crippen LogP contribution is 2.42. The number of nitrogens with zero attached hydrogens (tertiary/aromatic N) is 2. The van der Waals surface area contributed by atoms with Crippen molar-refractivity contribution in [1.82, 2.24) is 0 Å². The molecule has 1 aliphatic heterocycles. The van der Waals surface area contributed by atoms with E-state index in [0.29, 0.717) is 11.8 Å². The predicted octanol–water partition coefficient (Wildman–Crippen LogP) is 2.09. The molecule has 1 aliphatic carbocycles. The van der Waals surface area contributed by atoms with Crippen molar-refractivity contribution in [3.05, 3.63) is 35.0 Å². The fourth-order valence-corrected chi connectivity index (χ4v) is 3.15. The SMILES string of the molecule is CC1CCCC(C)C12N=c1ccccc1=N2.